The molecule has 29 heavy (non-hydrogen) atoms. The van der Waals surface area contributed by atoms with Crippen molar-refractivity contribution in [1.82, 2.24) is 4.98 Å². The van der Waals surface area contributed by atoms with Gasteiger partial charge in [-0.25, -0.2) is 18.2 Å². The van der Waals surface area contributed by atoms with E-state index in [0.29, 0.717) is 16.9 Å². The number of nitrogens with zero attached hydrogens (tertiary/aromatic N) is 1. The average Bonchev–Trinajstić information content (AvgIpc) is 3.14. The lowest BCUT2D eigenvalue weighted by atomic mass is 10.2. The van der Waals surface area contributed by atoms with Gasteiger partial charge in [0, 0.05) is 11.1 Å². The maximum Gasteiger partial charge on any atom is 0.337 e. The zero-order chi connectivity index (χ0) is 20.9. The summed E-state index contributed by atoms with van der Waals surface area (Å²) in [4.78, 5) is 28.1. The molecule has 10 heteroatoms. The van der Waals surface area contributed by atoms with E-state index in [0.717, 1.165) is 11.3 Å². The average molecular weight is 431 g/mol. The van der Waals surface area contributed by atoms with Gasteiger partial charge in [-0.1, -0.05) is 24.3 Å². The van der Waals surface area contributed by atoms with Crippen LogP contribution in [0.5, 0.6) is 0 Å². The predicted molar refractivity (Wildman–Crippen MR) is 109 cm³/mol. The van der Waals surface area contributed by atoms with Gasteiger partial charge in [0.2, 0.25) is 5.91 Å². The van der Waals surface area contributed by atoms with Crippen LogP contribution >= 0.6 is 11.3 Å². The Morgan fingerprint density at radius 1 is 1.10 bits per heavy atom. The number of amides is 1. The Hall–Kier alpha value is -3.24. The highest BCUT2D eigenvalue weighted by atomic mass is 32.2. The van der Waals surface area contributed by atoms with E-state index in [9.17, 15) is 18.0 Å². The summed E-state index contributed by atoms with van der Waals surface area (Å²) in [5.74, 6) is -0.856. The number of aromatic nitrogens is 1. The van der Waals surface area contributed by atoms with Gasteiger partial charge in [-0.3, -0.25) is 9.52 Å². The van der Waals surface area contributed by atoms with Gasteiger partial charge in [-0.15, -0.1) is 11.3 Å². The van der Waals surface area contributed by atoms with Crippen molar-refractivity contribution in [1.29, 1.82) is 0 Å². The molecule has 0 saturated carbocycles. The zero-order valence-corrected chi connectivity index (χ0v) is 16.9. The first-order valence-electron chi connectivity index (χ1n) is 8.38. The molecular weight excluding hydrogens is 414 g/mol. The number of carbonyl (C=O) groups is 2. The Kier molecular flexibility index (Phi) is 6.25. The zero-order valence-electron chi connectivity index (χ0n) is 15.3. The molecule has 0 aliphatic rings. The number of carbonyl (C=O) groups excluding carboxylic acids is 2. The Balaban J connectivity index is 1.63. The standard InChI is InChI=1S/C19H17N3O5S2/c1-27-18(24)13-6-5-7-14(10-13)20-17(23)11-15-12-28-19(21-15)22-29(25,26)16-8-3-2-4-9-16/h2-10,12H,11H2,1H3,(H,20,23)(H,21,22). The number of ether oxygens (including phenoxy) is 1. The van der Waals surface area contributed by atoms with Crippen LogP contribution in [0.25, 0.3) is 0 Å². The first kappa shape index (κ1) is 20.5. The minimum absolute atomic E-state index is 0.0496. The van der Waals surface area contributed by atoms with Gasteiger partial charge in [0.25, 0.3) is 10.0 Å². The Morgan fingerprint density at radius 2 is 1.86 bits per heavy atom. The summed E-state index contributed by atoms with van der Waals surface area (Å²) < 4.78 is 31.7. The fourth-order valence-corrected chi connectivity index (χ4v) is 4.40. The molecule has 0 aliphatic heterocycles. The minimum Gasteiger partial charge on any atom is -0.465 e. The SMILES string of the molecule is COC(=O)c1cccc(NC(=O)Cc2csc(NS(=O)(=O)c3ccccc3)n2)c1. The van der Waals surface area contributed by atoms with Crippen molar-refractivity contribution >= 4 is 44.1 Å². The second kappa shape index (κ2) is 8.84. The van der Waals surface area contributed by atoms with Crippen molar-refractivity contribution in [2.24, 2.45) is 0 Å². The Labute approximate surface area is 171 Å². The third-order valence-electron chi connectivity index (χ3n) is 3.74. The number of nitrogens with one attached hydrogen (secondary N) is 2. The van der Waals surface area contributed by atoms with Crippen molar-refractivity contribution in [2.45, 2.75) is 11.3 Å². The van der Waals surface area contributed by atoms with E-state index in [-0.39, 0.29) is 22.4 Å². The van der Waals surface area contributed by atoms with E-state index in [1.54, 1.807) is 41.8 Å². The van der Waals surface area contributed by atoms with Crippen molar-refractivity contribution in [2.75, 3.05) is 17.1 Å². The molecule has 150 valence electrons. The van der Waals surface area contributed by atoms with Crippen molar-refractivity contribution < 1.29 is 22.7 Å². The number of esters is 1. The molecule has 8 nitrogen and oxygen atoms in total. The number of hydrogen-bond donors (Lipinski definition) is 2. The number of hydrogen-bond acceptors (Lipinski definition) is 7. The molecule has 3 rings (SSSR count). The van der Waals surface area contributed by atoms with Crippen molar-refractivity contribution in [3.05, 3.63) is 71.2 Å². The highest BCUT2D eigenvalue weighted by Gasteiger charge is 2.16. The van der Waals surface area contributed by atoms with Gasteiger partial charge < -0.3 is 10.1 Å². The van der Waals surface area contributed by atoms with Crippen LogP contribution < -0.4 is 10.0 Å². The normalized spacial score (nSPS) is 10.9. The van der Waals surface area contributed by atoms with Gasteiger partial charge in [0.1, 0.15) is 0 Å². The number of anilines is 2. The lowest BCUT2D eigenvalue weighted by Gasteiger charge is -2.06. The molecule has 0 radical (unpaired) electrons. The van der Waals surface area contributed by atoms with Crippen LogP contribution in [0, 0.1) is 0 Å². The van der Waals surface area contributed by atoms with E-state index >= 15 is 0 Å². The summed E-state index contributed by atoms with van der Waals surface area (Å²) in [5, 5.41) is 4.45. The maximum atomic E-state index is 12.3. The lowest BCUT2D eigenvalue weighted by molar-refractivity contribution is -0.115. The molecule has 0 bridgehead atoms. The van der Waals surface area contributed by atoms with Crippen LogP contribution in [0.3, 0.4) is 0 Å². The summed E-state index contributed by atoms with van der Waals surface area (Å²) in [6, 6.07) is 14.3. The van der Waals surface area contributed by atoms with Crippen molar-refractivity contribution in [3.63, 3.8) is 0 Å². The highest BCUT2D eigenvalue weighted by molar-refractivity contribution is 7.93. The molecule has 3 aromatic rings. The second-order valence-corrected chi connectivity index (χ2v) is 8.40. The first-order valence-corrected chi connectivity index (χ1v) is 10.7. The molecule has 2 N–H and O–H groups in total. The van der Waals surface area contributed by atoms with Crippen LogP contribution in [-0.2, 0) is 26.0 Å². The van der Waals surface area contributed by atoms with Crippen molar-refractivity contribution in [3.8, 4) is 0 Å². The minimum atomic E-state index is -3.74. The van der Waals surface area contributed by atoms with E-state index in [2.05, 4.69) is 19.8 Å². The summed E-state index contributed by atoms with van der Waals surface area (Å²) in [6.45, 7) is 0. The van der Waals surface area contributed by atoms with E-state index in [1.807, 2.05) is 0 Å². The summed E-state index contributed by atoms with van der Waals surface area (Å²) >= 11 is 1.09. The molecule has 0 fully saturated rings. The quantitative estimate of drug-likeness (QED) is 0.556. The summed E-state index contributed by atoms with van der Waals surface area (Å²) in [6.07, 6.45) is -0.0496. The third kappa shape index (κ3) is 5.39. The molecule has 1 aromatic heterocycles. The van der Waals surface area contributed by atoms with Gasteiger partial charge in [-0.05, 0) is 30.3 Å². The molecular formula is C19H17N3O5S2. The van der Waals surface area contributed by atoms with E-state index < -0.39 is 16.0 Å². The highest BCUT2D eigenvalue weighted by Crippen LogP contribution is 2.21. The fourth-order valence-electron chi connectivity index (χ4n) is 2.42. The molecule has 1 heterocycles. The smallest absolute Gasteiger partial charge is 0.337 e. The summed E-state index contributed by atoms with van der Waals surface area (Å²) in [7, 11) is -2.46. The molecule has 0 spiro atoms. The maximum absolute atomic E-state index is 12.3. The lowest BCUT2D eigenvalue weighted by Crippen LogP contribution is -2.15. The Morgan fingerprint density at radius 3 is 2.59 bits per heavy atom. The van der Waals surface area contributed by atoms with Crippen LogP contribution in [0.2, 0.25) is 0 Å². The molecule has 1 amide bonds. The number of thiazole rings is 1. The molecule has 0 aliphatic carbocycles. The van der Waals surface area contributed by atoms with Gasteiger partial charge in [-0.2, -0.15) is 0 Å². The topological polar surface area (TPSA) is 114 Å². The summed E-state index contributed by atoms with van der Waals surface area (Å²) in [5.41, 5.74) is 1.18. The van der Waals surface area contributed by atoms with Crippen LogP contribution in [0.15, 0.2) is 64.9 Å². The monoisotopic (exact) mass is 431 g/mol. The van der Waals surface area contributed by atoms with Gasteiger partial charge in [0.05, 0.1) is 29.7 Å². The second-order valence-electron chi connectivity index (χ2n) is 5.86. The van der Waals surface area contributed by atoms with E-state index in [4.69, 9.17) is 0 Å². The Bertz CT molecular complexity index is 1130. The molecule has 0 unspecified atom stereocenters. The number of sulfonamides is 1. The first-order chi connectivity index (χ1) is 13.9. The molecule has 0 saturated heterocycles. The largest absolute Gasteiger partial charge is 0.465 e. The van der Waals surface area contributed by atoms with Gasteiger partial charge in [0.15, 0.2) is 5.13 Å². The number of rotatable bonds is 7. The fraction of sp³-hybridized carbons (Fsp3) is 0.105. The van der Waals surface area contributed by atoms with Crippen LogP contribution in [0.1, 0.15) is 16.1 Å². The van der Waals surface area contributed by atoms with E-state index in [1.165, 1.54) is 25.3 Å². The predicted octanol–water partition coefficient (Wildman–Crippen LogP) is 2.91. The molecule has 2 aromatic carbocycles. The third-order valence-corrected chi connectivity index (χ3v) is 6.03. The molecule has 0 atom stereocenters. The van der Waals surface area contributed by atoms with Crippen LogP contribution in [0.4, 0.5) is 10.8 Å². The van der Waals surface area contributed by atoms with Gasteiger partial charge >= 0.3 is 5.97 Å². The van der Waals surface area contributed by atoms with Crippen LogP contribution in [-0.4, -0.2) is 32.4 Å². The number of methoxy groups -OCH3 is 1. The number of benzene rings is 2.